The van der Waals surface area contributed by atoms with E-state index in [0.717, 1.165) is 20.2 Å². The Balaban J connectivity index is 1.97. The molecule has 3 rings (SSSR count). The first-order valence-electron chi connectivity index (χ1n) is 6.84. The molecule has 23 heavy (non-hydrogen) atoms. The van der Waals surface area contributed by atoms with Crippen LogP contribution in [0, 0.1) is 4.69 Å². The number of hydrogen-bond acceptors (Lipinski definition) is 2. The Hall–Kier alpha value is -1.75. The van der Waals surface area contributed by atoms with Gasteiger partial charge in [-0.25, -0.2) is 0 Å². The van der Waals surface area contributed by atoms with Gasteiger partial charge in [0.05, 0.1) is 0 Å². The molecule has 3 aromatic rings. The third kappa shape index (κ3) is 3.61. The normalized spacial score (nSPS) is 10.6. The summed E-state index contributed by atoms with van der Waals surface area (Å²) in [5.41, 5.74) is 2.74. The first kappa shape index (κ1) is 16.1. The molecule has 0 aliphatic carbocycles. The predicted octanol–water partition coefficient (Wildman–Crippen LogP) is 4.33. The molecule has 0 radical (unpaired) electrons. The van der Waals surface area contributed by atoms with Crippen molar-refractivity contribution in [3.05, 3.63) is 57.7 Å². The number of halogens is 2. The number of nitrogens with one attached hydrogen (secondary N) is 1. The molecule has 0 bridgehead atoms. The van der Waals surface area contributed by atoms with Crippen molar-refractivity contribution in [3.8, 4) is 21.4 Å². The fourth-order valence-corrected chi connectivity index (χ4v) is 4.32. The van der Waals surface area contributed by atoms with Crippen LogP contribution in [0.3, 0.4) is 0 Å². The van der Waals surface area contributed by atoms with Crippen molar-refractivity contribution in [2.75, 3.05) is 5.32 Å². The number of carbonyl (C=O) groups is 1. The van der Waals surface area contributed by atoms with Crippen LogP contribution in [0.5, 0.6) is 0 Å². The summed E-state index contributed by atoms with van der Waals surface area (Å²) in [5, 5.41) is 2.73. The molecule has 3 nitrogen and oxygen atoms in total. The van der Waals surface area contributed by atoms with Gasteiger partial charge in [0.1, 0.15) is 0 Å². The molecule has 6 heteroatoms. The van der Waals surface area contributed by atoms with E-state index >= 15 is 0 Å². The maximum absolute atomic E-state index is 14.3. The van der Waals surface area contributed by atoms with E-state index in [1.165, 1.54) is 6.92 Å². The Morgan fingerprint density at radius 2 is 1.91 bits per heavy atom. The van der Waals surface area contributed by atoms with Gasteiger partial charge in [-0.1, -0.05) is 0 Å². The SMILES string of the molecule is CC(=O)Nc1ccc(-c2nc(-c3ccccc3)c(F)[se]2)cc1Br. The summed E-state index contributed by atoms with van der Waals surface area (Å²) >= 11 is 2.98. The summed E-state index contributed by atoms with van der Waals surface area (Å²) in [6, 6.07) is 14.8. The van der Waals surface area contributed by atoms with Crippen LogP contribution in [-0.2, 0) is 4.79 Å². The van der Waals surface area contributed by atoms with E-state index in [1.807, 2.05) is 42.5 Å². The maximum atomic E-state index is 14.3. The van der Waals surface area contributed by atoms with Gasteiger partial charge < -0.3 is 0 Å². The summed E-state index contributed by atoms with van der Waals surface area (Å²) < 4.78 is 15.6. The minimum absolute atomic E-state index is 0.139. The van der Waals surface area contributed by atoms with E-state index in [-0.39, 0.29) is 10.6 Å². The zero-order valence-electron chi connectivity index (χ0n) is 12.1. The first-order valence-corrected chi connectivity index (χ1v) is 9.34. The van der Waals surface area contributed by atoms with Crippen LogP contribution in [0.2, 0.25) is 0 Å². The van der Waals surface area contributed by atoms with E-state index in [1.54, 1.807) is 6.07 Å². The molecule has 0 saturated heterocycles. The van der Waals surface area contributed by atoms with Gasteiger partial charge in [0, 0.05) is 0 Å². The molecule has 0 aliphatic heterocycles. The zero-order chi connectivity index (χ0) is 16.4. The number of carbonyl (C=O) groups excluding carboxylic acids is 1. The molecular formula is C17H12BrFN2OSe. The van der Waals surface area contributed by atoms with Crippen molar-refractivity contribution < 1.29 is 9.18 Å². The molecule has 2 aromatic carbocycles. The van der Waals surface area contributed by atoms with Crippen molar-refractivity contribution >= 4 is 42.0 Å². The van der Waals surface area contributed by atoms with Crippen LogP contribution in [0.1, 0.15) is 6.92 Å². The molecule has 0 saturated carbocycles. The van der Waals surface area contributed by atoms with Crippen molar-refractivity contribution in [1.29, 1.82) is 0 Å². The number of aromatic nitrogens is 1. The third-order valence-corrected chi connectivity index (χ3v) is 5.69. The molecule has 0 atom stereocenters. The van der Waals surface area contributed by atoms with E-state index in [4.69, 9.17) is 0 Å². The number of nitrogens with zero attached hydrogens (tertiary/aromatic N) is 1. The fraction of sp³-hybridized carbons (Fsp3) is 0.0588. The second-order valence-electron chi connectivity index (χ2n) is 4.88. The quantitative estimate of drug-likeness (QED) is 0.619. The van der Waals surface area contributed by atoms with Crippen LogP contribution in [0.15, 0.2) is 53.0 Å². The molecule has 116 valence electrons. The van der Waals surface area contributed by atoms with Gasteiger partial charge in [0.15, 0.2) is 0 Å². The Kier molecular flexibility index (Phi) is 4.76. The van der Waals surface area contributed by atoms with Gasteiger partial charge >= 0.3 is 148 Å². The monoisotopic (exact) mass is 438 g/mol. The average molecular weight is 438 g/mol. The molecule has 1 amide bonds. The molecule has 1 heterocycles. The van der Waals surface area contributed by atoms with Gasteiger partial charge in [-0.2, -0.15) is 0 Å². The second kappa shape index (κ2) is 6.79. The van der Waals surface area contributed by atoms with E-state index in [0.29, 0.717) is 11.4 Å². The van der Waals surface area contributed by atoms with Crippen molar-refractivity contribution in [2.24, 2.45) is 0 Å². The molecule has 0 unspecified atom stereocenters. The number of anilines is 1. The summed E-state index contributed by atoms with van der Waals surface area (Å²) in [5.74, 6) is -0.139. The molecule has 1 aromatic heterocycles. The van der Waals surface area contributed by atoms with Crippen molar-refractivity contribution in [3.63, 3.8) is 0 Å². The Labute approximate surface area is 147 Å². The zero-order valence-corrected chi connectivity index (χ0v) is 15.4. The van der Waals surface area contributed by atoms with Gasteiger partial charge in [-0.3, -0.25) is 0 Å². The summed E-state index contributed by atoms with van der Waals surface area (Å²) in [6.45, 7) is 1.45. The number of amides is 1. The summed E-state index contributed by atoms with van der Waals surface area (Å²) in [6.07, 6.45) is 0. The van der Waals surface area contributed by atoms with Crippen LogP contribution in [0.25, 0.3) is 21.4 Å². The van der Waals surface area contributed by atoms with Gasteiger partial charge in [-0.15, -0.1) is 0 Å². The number of hydrogen-bond donors (Lipinski definition) is 1. The van der Waals surface area contributed by atoms with Crippen LogP contribution < -0.4 is 5.32 Å². The first-order chi connectivity index (χ1) is 11.0. The molecule has 0 aliphatic rings. The van der Waals surface area contributed by atoms with Gasteiger partial charge in [-0.05, 0) is 0 Å². The van der Waals surface area contributed by atoms with Crippen LogP contribution in [0.4, 0.5) is 10.1 Å². The number of benzene rings is 2. The second-order valence-corrected chi connectivity index (χ2v) is 7.73. The summed E-state index contributed by atoms with van der Waals surface area (Å²) in [7, 11) is 0. The van der Waals surface area contributed by atoms with Crippen molar-refractivity contribution in [1.82, 2.24) is 4.98 Å². The Morgan fingerprint density at radius 1 is 1.17 bits per heavy atom. The third-order valence-electron chi connectivity index (χ3n) is 3.16. The molecule has 0 fully saturated rings. The molecular weight excluding hydrogens is 426 g/mol. The van der Waals surface area contributed by atoms with E-state index < -0.39 is 14.5 Å². The fourth-order valence-electron chi connectivity index (χ4n) is 2.14. The summed E-state index contributed by atoms with van der Waals surface area (Å²) in [4.78, 5) is 15.6. The van der Waals surface area contributed by atoms with Crippen LogP contribution >= 0.6 is 15.9 Å². The Bertz CT molecular complexity index is 864. The average Bonchev–Trinajstić information content (AvgIpc) is 2.92. The predicted molar refractivity (Wildman–Crippen MR) is 94.0 cm³/mol. The van der Waals surface area contributed by atoms with Gasteiger partial charge in [0.25, 0.3) is 0 Å². The Morgan fingerprint density at radius 3 is 2.57 bits per heavy atom. The minimum atomic E-state index is -0.444. The van der Waals surface area contributed by atoms with E-state index in [2.05, 4.69) is 26.2 Å². The number of rotatable bonds is 3. The van der Waals surface area contributed by atoms with E-state index in [9.17, 15) is 9.18 Å². The topological polar surface area (TPSA) is 42.0 Å². The molecule has 1 N–H and O–H groups in total. The standard InChI is InChI=1S/C17H12BrFN2OSe/c1-10(22)20-14-8-7-12(9-13(14)18)17-21-15(16(19)23-17)11-5-3-2-4-6-11/h2-9H,1H3,(H,20,22). The van der Waals surface area contributed by atoms with Crippen LogP contribution in [-0.4, -0.2) is 25.4 Å². The van der Waals surface area contributed by atoms with Gasteiger partial charge in [0.2, 0.25) is 0 Å². The molecule has 0 spiro atoms. The van der Waals surface area contributed by atoms with Crippen molar-refractivity contribution in [2.45, 2.75) is 6.92 Å².